The first-order valence-electron chi connectivity index (χ1n) is 10.5. The Hall–Kier alpha value is -1.18. The topological polar surface area (TPSA) is 89.9 Å². The van der Waals surface area contributed by atoms with Crippen LogP contribution in [0.15, 0.2) is 24.8 Å². The number of ether oxygens (including phenoxy) is 1. The molecule has 28 heavy (non-hydrogen) atoms. The average Bonchev–Trinajstić information content (AvgIpc) is 2.63. The van der Waals surface area contributed by atoms with Gasteiger partial charge in [-0.3, -0.25) is 9.35 Å². The summed E-state index contributed by atoms with van der Waals surface area (Å²) in [4.78, 5) is 11.3. The van der Waals surface area contributed by atoms with Gasteiger partial charge in [0.2, 0.25) is 0 Å². The monoisotopic (exact) mass is 418 g/mol. The summed E-state index contributed by atoms with van der Waals surface area (Å²) in [7, 11) is -4.41. The zero-order valence-electron chi connectivity index (χ0n) is 17.3. The van der Waals surface area contributed by atoms with Crippen LogP contribution in [-0.4, -0.2) is 31.7 Å². The second-order valence-electron chi connectivity index (χ2n) is 6.98. The van der Waals surface area contributed by atoms with E-state index in [9.17, 15) is 13.2 Å². The van der Waals surface area contributed by atoms with Crippen molar-refractivity contribution in [3.05, 3.63) is 24.8 Å². The van der Waals surface area contributed by atoms with Crippen LogP contribution in [0, 0.1) is 0 Å². The molecule has 0 fully saturated rings. The summed E-state index contributed by atoms with van der Waals surface area (Å²) >= 11 is 0. The normalized spacial score (nSPS) is 12.9. The Morgan fingerprint density at radius 3 is 2.39 bits per heavy atom. The highest BCUT2D eigenvalue weighted by atomic mass is 32.3. The molecule has 0 saturated carbocycles. The van der Waals surface area contributed by atoms with Crippen LogP contribution in [0.5, 0.6) is 0 Å². The third kappa shape index (κ3) is 19.6. The van der Waals surface area contributed by atoms with Gasteiger partial charge >= 0.3 is 16.4 Å². The van der Waals surface area contributed by atoms with Crippen LogP contribution in [0.4, 0.5) is 0 Å². The van der Waals surface area contributed by atoms with Gasteiger partial charge in [0.25, 0.3) is 0 Å². The largest absolute Gasteiger partial charge is 0.461 e. The first kappa shape index (κ1) is 26.8. The Morgan fingerprint density at radius 1 is 1.04 bits per heavy atom. The second-order valence-corrected chi connectivity index (χ2v) is 8.03. The number of carbonyl (C=O) groups excluding carboxylic acids is 1. The first-order chi connectivity index (χ1) is 13.4. The number of esters is 1. The van der Waals surface area contributed by atoms with Crippen molar-refractivity contribution in [3.63, 3.8) is 0 Å². The number of hydrogen-bond acceptors (Lipinski definition) is 5. The fourth-order valence-corrected chi connectivity index (χ4v) is 3.35. The third-order valence-electron chi connectivity index (χ3n) is 4.32. The van der Waals surface area contributed by atoms with E-state index in [0.29, 0.717) is 19.3 Å². The quantitative estimate of drug-likeness (QED) is 0.128. The van der Waals surface area contributed by atoms with Gasteiger partial charge in [-0.15, -0.1) is 0 Å². The predicted octanol–water partition coefficient (Wildman–Crippen LogP) is 5.55. The molecule has 0 heterocycles. The summed E-state index contributed by atoms with van der Waals surface area (Å²) in [5.41, 5.74) is 0. The highest BCUT2D eigenvalue weighted by molar-refractivity contribution is 7.80. The van der Waals surface area contributed by atoms with E-state index in [0.717, 1.165) is 64.2 Å². The Labute approximate surface area is 171 Å². The SMILES string of the molecule is C=CCOC(=O)CCCCCCC/C=C\C[C@@H](CCCCCC)OS(=O)(=O)O. The van der Waals surface area contributed by atoms with Gasteiger partial charge in [-0.1, -0.05) is 76.7 Å². The molecule has 1 N–H and O–H groups in total. The number of unbranched alkanes of at least 4 members (excludes halogenated alkanes) is 8. The summed E-state index contributed by atoms with van der Waals surface area (Å²) in [5.74, 6) is -0.167. The van der Waals surface area contributed by atoms with Gasteiger partial charge in [-0.2, -0.15) is 8.42 Å². The highest BCUT2D eigenvalue weighted by Gasteiger charge is 2.15. The summed E-state index contributed by atoms with van der Waals surface area (Å²) in [6, 6.07) is 0. The minimum atomic E-state index is -4.41. The molecule has 0 bridgehead atoms. The minimum Gasteiger partial charge on any atom is -0.461 e. The Balaban J connectivity index is 3.81. The minimum absolute atomic E-state index is 0.167. The maximum atomic E-state index is 11.3. The van der Waals surface area contributed by atoms with E-state index in [4.69, 9.17) is 13.5 Å². The van der Waals surface area contributed by atoms with Crippen molar-refractivity contribution in [1.29, 1.82) is 0 Å². The molecule has 0 unspecified atom stereocenters. The molecule has 0 aliphatic heterocycles. The summed E-state index contributed by atoms with van der Waals surface area (Å²) in [5, 5.41) is 0. The van der Waals surface area contributed by atoms with Crippen LogP contribution in [0.1, 0.15) is 90.4 Å². The number of hydrogen-bond donors (Lipinski definition) is 1. The molecule has 0 aromatic carbocycles. The lowest BCUT2D eigenvalue weighted by molar-refractivity contribution is -0.142. The van der Waals surface area contributed by atoms with E-state index >= 15 is 0 Å². The molecule has 6 nitrogen and oxygen atoms in total. The van der Waals surface area contributed by atoms with Gasteiger partial charge in [0.05, 0.1) is 6.10 Å². The van der Waals surface area contributed by atoms with Crippen molar-refractivity contribution < 1.29 is 26.7 Å². The fraction of sp³-hybridized carbons (Fsp3) is 0.762. The molecule has 164 valence electrons. The Morgan fingerprint density at radius 2 is 1.71 bits per heavy atom. The third-order valence-corrected chi connectivity index (χ3v) is 4.83. The molecular formula is C21H38O6S. The van der Waals surface area contributed by atoms with Gasteiger partial charge in [-0.05, 0) is 32.1 Å². The number of rotatable bonds is 19. The summed E-state index contributed by atoms with van der Waals surface area (Å²) in [6.07, 6.45) is 16.8. The van der Waals surface area contributed by atoms with Crippen molar-refractivity contribution in [3.8, 4) is 0 Å². The Kier molecular flexibility index (Phi) is 17.1. The maximum absolute atomic E-state index is 11.3. The molecule has 0 aliphatic rings. The smallest absolute Gasteiger partial charge is 0.397 e. The molecule has 0 spiro atoms. The number of carbonyl (C=O) groups is 1. The molecule has 0 amide bonds. The van der Waals surface area contributed by atoms with Crippen LogP contribution in [-0.2, 0) is 24.1 Å². The first-order valence-corrected chi connectivity index (χ1v) is 11.8. The molecule has 7 heteroatoms. The maximum Gasteiger partial charge on any atom is 0.397 e. The molecule has 1 atom stereocenters. The van der Waals surface area contributed by atoms with Crippen molar-refractivity contribution in [2.24, 2.45) is 0 Å². The van der Waals surface area contributed by atoms with Crippen LogP contribution in [0.2, 0.25) is 0 Å². The molecular weight excluding hydrogens is 380 g/mol. The van der Waals surface area contributed by atoms with Crippen molar-refractivity contribution in [2.75, 3.05) is 6.61 Å². The standard InChI is InChI=1S/C21H38O6S/c1-3-5-6-13-16-20(27-28(23,24)25)17-14-11-9-7-8-10-12-15-18-21(22)26-19-4-2/h4,11,14,20H,2-3,5-10,12-13,15-19H2,1H3,(H,23,24,25)/b14-11-/t20-/m1/s1. The lowest BCUT2D eigenvalue weighted by atomic mass is 10.1. The Bertz CT molecular complexity index is 527. The van der Waals surface area contributed by atoms with Crippen molar-refractivity contribution >= 4 is 16.4 Å². The molecule has 0 saturated heterocycles. The zero-order chi connectivity index (χ0) is 21.1. The summed E-state index contributed by atoms with van der Waals surface area (Å²) in [6.45, 7) is 5.90. The van der Waals surface area contributed by atoms with Gasteiger partial charge < -0.3 is 4.74 Å². The van der Waals surface area contributed by atoms with Crippen LogP contribution < -0.4 is 0 Å². The van der Waals surface area contributed by atoms with Gasteiger partial charge in [0, 0.05) is 6.42 Å². The van der Waals surface area contributed by atoms with Crippen molar-refractivity contribution in [1.82, 2.24) is 0 Å². The molecule has 0 rings (SSSR count). The van der Waals surface area contributed by atoms with Crippen molar-refractivity contribution in [2.45, 2.75) is 96.5 Å². The molecule has 0 radical (unpaired) electrons. The van der Waals surface area contributed by atoms with Gasteiger partial charge in [0.1, 0.15) is 6.61 Å². The second kappa shape index (κ2) is 17.9. The average molecular weight is 419 g/mol. The highest BCUT2D eigenvalue weighted by Crippen LogP contribution is 2.15. The van der Waals surface area contributed by atoms with E-state index in [1.165, 1.54) is 0 Å². The lowest BCUT2D eigenvalue weighted by Crippen LogP contribution is -2.17. The van der Waals surface area contributed by atoms with E-state index in [-0.39, 0.29) is 12.6 Å². The lowest BCUT2D eigenvalue weighted by Gasteiger charge is -2.13. The molecule has 0 aromatic rings. The molecule has 0 aliphatic carbocycles. The molecule has 0 aromatic heterocycles. The van der Waals surface area contributed by atoms with Gasteiger partial charge in [-0.25, -0.2) is 4.18 Å². The number of allylic oxidation sites excluding steroid dienone is 1. The zero-order valence-corrected chi connectivity index (χ0v) is 18.1. The van der Waals surface area contributed by atoms with Crippen LogP contribution >= 0.6 is 0 Å². The summed E-state index contributed by atoms with van der Waals surface area (Å²) < 4.78 is 40.5. The predicted molar refractivity (Wildman–Crippen MR) is 112 cm³/mol. The van der Waals surface area contributed by atoms with Crippen LogP contribution in [0.25, 0.3) is 0 Å². The van der Waals surface area contributed by atoms with E-state index in [1.54, 1.807) is 6.08 Å². The van der Waals surface area contributed by atoms with Crippen LogP contribution in [0.3, 0.4) is 0 Å². The van der Waals surface area contributed by atoms with Gasteiger partial charge in [0.15, 0.2) is 0 Å². The fourth-order valence-electron chi connectivity index (χ4n) is 2.83. The van der Waals surface area contributed by atoms with E-state index < -0.39 is 16.5 Å². The van der Waals surface area contributed by atoms with E-state index in [1.807, 2.05) is 12.2 Å². The van der Waals surface area contributed by atoms with E-state index in [2.05, 4.69) is 13.5 Å².